The summed E-state index contributed by atoms with van der Waals surface area (Å²) in [6.45, 7) is 18.9. The molecule has 3 aromatic carbocycles. The fourth-order valence-electron chi connectivity index (χ4n) is 5.31. The van der Waals surface area contributed by atoms with Crippen molar-refractivity contribution in [3.05, 3.63) is 100.0 Å². The van der Waals surface area contributed by atoms with Gasteiger partial charge in [0.05, 0.1) is 10.7 Å². The van der Waals surface area contributed by atoms with Crippen LogP contribution in [0.25, 0.3) is 26.5 Å². The largest absolute Gasteiger partial charge is 0.335 e. The molecule has 0 saturated carbocycles. The number of para-hydroxylation sites is 3. The summed E-state index contributed by atoms with van der Waals surface area (Å²) in [7, 11) is 0. The van der Waals surface area contributed by atoms with Crippen LogP contribution in [-0.4, -0.2) is 32.8 Å². The van der Waals surface area contributed by atoms with E-state index in [1.807, 2.05) is 55.2 Å². The summed E-state index contributed by atoms with van der Waals surface area (Å²) in [5.74, 6) is 0. The maximum atomic E-state index is 5.08. The summed E-state index contributed by atoms with van der Waals surface area (Å²) in [4.78, 5) is 3.72. The molecule has 3 heterocycles. The van der Waals surface area contributed by atoms with Crippen LogP contribution in [0.1, 0.15) is 51.6 Å². The second-order valence-electron chi connectivity index (χ2n) is 10.3. The molecule has 0 radical (unpaired) electrons. The van der Waals surface area contributed by atoms with Gasteiger partial charge in [0.15, 0.2) is 0 Å². The third-order valence-corrected chi connectivity index (χ3v) is 10.7. The van der Waals surface area contributed by atoms with Crippen LogP contribution < -0.4 is 14.0 Å². The molecule has 0 amide bonds. The number of allylic oxidation sites excluding steroid dienone is 2. The van der Waals surface area contributed by atoms with Crippen molar-refractivity contribution in [3.63, 3.8) is 0 Å². The molecule has 47 heavy (non-hydrogen) atoms. The molecule has 9 heteroatoms. The van der Waals surface area contributed by atoms with E-state index in [-0.39, 0.29) is 0 Å². The van der Waals surface area contributed by atoms with E-state index >= 15 is 0 Å². The maximum Gasteiger partial charge on any atom is 0.271 e. The van der Waals surface area contributed by atoms with Gasteiger partial charge in [0, 0.05) is 56.4 Å². The lowest BCUT2D eigenvalue weighted by Crippen LogP contribution is -2.33. The molecule has 5 aromatic rings. The summed E-state index contributed by atoms with van der Waals surface area (Å²) in [6, 6.07) is 25.8. The van der Waals surface area contributed by atoms with Crippen molar-refractivity contribution in [2.24, 2.45) is 0 Å². The molecule has 6 rings (SSSR count). The molecule has 0 aliphatic carbocycles. The van der Waals surface area contributed by atoms with Crippen LogP contribution in [0.2, 0.25) is 0 Å². The molecule has 2 aromatic heterocycles. The van der Waals surface area contributed by atoms with E-state index in [4.69, 9.17) is 14.2 Å². The average molecular weight is 692 g/mol. The molecule has 0 unspecified atom stereocenters. The van der Waals surface area contributed by atoms with Gasteiger partial charge in [-0.3, -0.25) is 0 Å². The Kier molecular flexibility index (Phi) is 14.9. The molecule has 0 fully saturated rings. The van der Waals surface area contributed by atoms with Crippen molar-refractivity contribution < 1.29 is 23.3 Å². The zero-order chi connectivity index (χ0) is 33.6. The highest BCUT2D eigenvalue weighted by atomic mass is 32.2. The Labute approximate surface area is 292 Å². The predicted molar refractivity (Wildman–Crippen MR) is 201 cm³/mol. The third kappa shape index (κ3) is 9.53. The van der Waals surface area contributed by atoms with E-state index in [0.29, 0.717) is 19.8 Å². The molecule has 6 nitrogen and oxygen atoms in total. The summed E-state index contributed by atoms with van der Waals surface area (Å²) in [5.41, 5.74) is 4.00. The van der Waals surface area contributed by atoms with E-state index in [0.717, 1.165) is 19.6 Å². The van der Waals surface area contributed by atoms with Gasteiger partial charge < -0.3 is 19.1 Å². The molecule has 0 atom stereocenters. The first-order valence-corrected chi connectivity index (χ1v) is 19.0. The van der Waals surface area contributed by atoms with Crippen LogP contribution in [0.15, 0.2) is 94.9 Å². The summed E-state index contributed by atoms with van der Waals surface area (Å²) in [5, 5.41) is 3.98. The number of aryl methyl sites for hydroxylation is 3. The Morgan fingerprint density at radius 3 is 1.85 bits per heavy atom. The highest BCUT2D eigenvalue weighted by Crippen LogP contribution is 2.45. The van der Waals surface area contributed by atoms with Gasteiger partial charge in [-0.05, 0) is 71.9 Å². The van der Waals surface area contributed by atoms with Crippen molar-refractivity contribution in [2.45, 2.75) is 72.9 Å². The van der Waals surface area contributed by atoms with Gasteiger partial charge in [-0.1, -0.05) is 76.9 Å². The standard InChI is InChI=1S/C21H21N2S2.C10H12NS.C7H16O3/c1-3-22-16-10-5-7-12-18(16)24-20(22)14-9-15-21-23(4-2)17-11-6-8-13-19(17)25-21;1-3-11-8(2)12-10-7-5-4-6-9(10)11;1-4-8-7(9-5-2)10-6-3/h5-15H,3-4H2,1-2H3;4-7H,3H2,1-2H3;7H,4-6H2,1-3H3/q2*+1;. The van der Waals surface area contributed by atoms with Crippen molar-refractivity contribution in [3.8, 4) is 0 Å². The number of anilines is 1. The quantitative estimate of drug-likeness (QED) is 0.102. The van der Waals surface area contributed by atoms with Crippen molar-refractivity contribution >= 4 is 66.6 Å². The minimum absolute atomic E-state index is 0.472. The first kappa shape index (κ1) is 36.8. The lowest BCUT2D eigenvalue weighted by molar-refractivity contribution is -0.669. The summed E-state index contributed by atoms with van der Waals surface area (Å²) >= 11 is 5.57. The summed E-state index contributed by atoms with van der Waals surface area (Å²) in [6.07, 6.45) is 6.66. The van der Waals surface area contributed by atoms with E-state index < -0.39 is 6.48 Å². The number of ether oxygens (including phenoxy) is 3. The van der Waals surface area contributed by atoms with E-state index in [2.05, 4.69) is 133 Å². The van der Waals surface area contributed by atoms with Gasteiger partial charge in [-0.25, -0.2) is 0 Å². The lowest BCUT2D eigenvalue weighted by atomic mass is 10.3. The van der Waals surface area contributed by atoms with E-state index in [1.165, 1.54) is 46.1 Å². The fraction of sp³-hybridized carbons (Fsp3) is 0.368. The molecule has 0 spiro atoms. The van der Waals surface area contributed by atoms with Crippen LogP contribution in [0, 0.1) is 6.92 Å². The van der Waals surface area contributed by atoms with Gasteiger partial charge in [-0.15, -0.1) is 0 Å². The molecule has 0 bridgehead atoms. The number of rotatable bonds is 11. The molecular weight excluding hydrogens is 643 g/mol. The summed E-state index contributed by atoms with van der Waals surface area (Å²) < 4.78 is 22.7. The Balaban J connectivity index is 0.000000189. The number of aromatic nitrogens is 2. The second kappa shape index (κ2) is 19.1. The number of nitrogens with zero attached hydrogens (tertiary/aromatic N) is 3. The molecule has 1 aliphatic heterocycles. The molecule has 0 saturated heterocycles. The van der Waals surface area contributed by atoms with Crippen LogP contribution in [-0.2, 0) is 27.3 Å². The van der Waals surface area contributed by atoms with Crippen molar-refractivity contribution in [1.82, 2.24) is 0 Å². The maximum absolute atomic E-state index is 5.08. The van der Waals surface area contributed by atoms with Crippen LogP contribution in [0.5, 0.6) is 0 Å². The Bertz CT molecular complexity index is 1750. The zero-order valence-corrected chi connectivity index (χ0v) is 31.2. The van der Waals surface area contributed by atoms with Crippen LogP contribution in [0.3, 0.4) is 0 Å². The molecular formula is C38H49N3O3S3+2. The number of benzene rings is 3. The van der Waals surface area contributed by atoms with E-state index in [9.17, 15) is 0 Å². The Morgan fingerprint density at radius 1 is 0.702 bits per heavy atom. The number of hydrogen-bond acceptors (Lipinski definition) is 7. The average Bonchev–Trinajstić information content (AvgIpc) is 3.74. The SMILES string of the molecule is CCN1/C(=C\C=C\c2sc3ccccc3[n+]2CC)Sc2ccccc21.CCOC(OCC)OCC.CC[n+]1c(C)sc2ccccc21. The normalized spacial score (nSPS) is 13.4. The molecule has 250 valence electrons. The van der Waals surface area contributed by atoms with Crippen molar-refractivity contribution in [1.29, 1.82) is 0 Å². The number of thioether (sulfide) groups is 1. The van der Waals surface area contributed by atoms with Gasteiger partial charge in [0.1, 0.15) is 22.5 Å². The smallest absolute Gasteiger partial charge is 0.271 e. The van der Waals surface area contributed by atoms with Crippen molar-refractivity contribution in [2.75, 3.05) is 31.3 Å². The number of thiazole rings is 2. The van der Waals surface area contributed by atoms with Crippen LogP contribution in [0.4, 0.5) is 5.69 Å². The highest BCUT2D eigenvalue weighted by molar-refractivity contribution is 8.03. The topological polar surface area (TPSA) is 38.7 Å². The minimum atomic E-state index is -0.472. The predicted octanol–water partition coefficient (Wildman–Crippen LogP) is 9.59. The Morgan fingerprint density at radius 2 is 1.26 bits per heavy atom. The van der Waals surface area contributed by atoms with Gasteiger partial charge in [-0.2, -0.15) is 9.13 Å². The Hall–Kier alpha value is -3.05. The van der Waals surface area contributed by atoms with E-state index in [1.54, 1.807) is 0 Å². The first-order chi connectivity index (χ1) is 23.0. The lowest BCUT2D eigenvalue weighted by Gasteiger charge is -2.17. The minimum Gasteiger partial charge on any atom is -0.335 e. The molecule has 0 N–H and O–H groups in total. The monoisotopic (exact) mass is 691 g/mol. The van der Waals surface area contributed by atoms with Crippen LogP contribution >= 0.6 is 34.4 Å². The highest BCUT2D eigenvalue weighted by Gasteiger charge is 2.23. The fourth-order valence-corrected chi connectivity index (χ4v) is 8.68. The number of hydrogen-bond donors (Lipinski definition) is 0. The second-order valence-corrected chi connectivity index (χ2v) is 13.7. The number of fused-ring (bicyclic) bond motifs is 3. The van der Waals surface area contributed by atoms with Gasteiger partial charge in [0.25, 0.3) is 11.5 Å². The first-order valence-electron chi connectivity index (χ1n) is 16.6. The van der Waals surface area contributed by atoms with Gasteiger partial charge in [0.2, 0.25) is 16.0 Å². The third-order valence-electron chi connectivity index (χ3n) is 7.40. The molecule has 1 aliphatic rings. The zero-order valence-electron chi connectivity index (χ0n) is 28.8. The van der Waals surface area contributed by atoms with Gasteiger partial charge >= 0.3 is 0 Å².